The van der Waals surface area contributed by atoms with Gasteiger partial charge in [0.15, 0.2) is 0 Å². The fraction of sp³-hybridized carbons (Fsp3) is 0.750. The second kappa shape index (κ2) is 6.62. The van der Waals surface area contributed by atoms with Crippen LogP contribution >= 0.6 is 0 Å². The van der Waals surface area contributed by atoms with E-state index in [1.165, 1.54) is 0 Å². The van der Waals surface area contributed by atoms with Crippen LogP contribution in [-0.2, 0) is 4.74 Å². The average molecular weight is 143 g/mol. The summed E-state index contributed by atoms with van der Waals surface area (Å²) in [5.41, 5.74) is 0. The molecule has 2 heteroatoms. The number of nitrogens with one attached hydrogen (secondary N) is 1. The zero-order valence-corrected chi connectivity index (χ0v) is 7.05. The quantitative estimate of drug-likeness (QED) is 0.467. The van der Waals surface area contributed by atoms with Gasteiger partial charge in [0.05, 0.1) is 6.61 Å². The highest BCUT2D eigenvalue weighted by atomic mass is 16.5. The summed E-state index contributed by atoms with van der Waals surface area (Å²) < 4.78 is 5.23. The number of rotatable bonds is 5. The Morgan fingerprint density at radius 2 is 2.20 bits per heavy atom. The fourth-order valence-electron chi connectivity index (χ4n) is 0.520. The van der Waals surface area contributed by atoms with Gasteiger partial charge >= 0.3 is 0 Å². The molecule has 60 valence electrons. The molecule has 0 saturated carbocycles. The molecule has 0 unspecified atom stereocenters. The molecule has 0 heterocycles. The van der Waals surface area contributed by atoms with Gasteiger partial charge in [0.1, 0.15) is 6.73 Å². The van der Waals surface area contributed by atoms with Crippen molar-refractivity contribution in [3.05, 3.63) is 12.3 Å². The Hall–Kier alpha value is -0.500. The van der Waals surface area contributed by atoms with Crippen LogP contribution in [0.2, 0.25) is 0 Å². The second-order valence-corrected chi connectivity index (χ2v) is 2.61. The Kier molecular flexibility index (Phi) is 6.29. The Balaban J connectivity index is 2.91. The molecule has 0 aliphatic rings. The standard InChI is InChI=1S/C8H17NO/c1-4-5-9-7-10-6-8(2)3/h4-5,8-9H,6-7H2,1-3H3. The second-order valence-electron chi connectivity index (χ2n) is 2.61. The van der Waals surface area contributed by atoms with Crippen molar-refractivity contribution < 1.29 is 4.74 Å². The fourth-order valence-corrected chi connectivity index (χ4v) is 0.520. The summed E-state index contributed by atoms with van der Waals surface area (Å²) in [6.45, 7) is 7.67. The zero-order chi connectivity index (χ0) is 7.82. The molecular weight excluding hydrogens is 126 g/mol. The van der Waals surface area contributed by atoms with E-state index in [2.05, 4.69) is 19.2 Å². The molecular formula is C8H17NO. The molecule has 0 aromatic heterocycles. The van der Waals surface area contributed by atoms with Gasteiger partial charge in [0.25, 0.3) is 0 Å². The van der Waals surface area contributed by atoms with E-state index in [0.29, 0.717) is 12.6 Å². The van der Waals surface area contributed by atoms with E-state index in [0.717, 1.165) is 6.61 Å². The minimum Gasteiger partial charge on any atom is -0.369 e. The van der Waals surface area contributed by atoms with Gasteiger partial charge in [-0.05, 0) is 19.0 Å². The van der Waals surface area contributed by atoms with Crippen molar-refractivity contribution in [2.24, 2.45) is 5.92 Å². The maximum atomic E-state index is 5.23. The minimum absolute atomic E-state index is 0.614. The summed E-state index contributed by atoms with van der Waals surface area (Å²) in [6, 6.07) is 0. The van der Waals surface area contributed by atoms with Gasteiger partial charge in [-0.15, -0.1) is 0 Å². The molecule has 0 spiro atoms. The van der Waals surface area contributed by atoms with Crippen LogP contribution in [0.1, 0.15) is 20.8 Å². The van der Waals surface area contributed by atoms with Gasteiger partial charge < -0.3 is 10.1 Å². The van der Waals surface area contributed by atoms with Crippen molar-refractivity contribution in [2.45, 2.75) is 20.8 Å². The maximum Gasteiger partial charge on any atom is 0.116 e. The van der Waals surface area contributed by atoms with Gasteiger partial charge in [0.2, 0.25) is 0 Å². The average Bonchev–Trinajstić information content (AvgIpc) is 1.87. The molecule has 0 aliphatic heterocycles. The van der Waals surface area contributed by atoms with Gasteiger partial charge in [-0.2, -0.15) is 0 Å². The van der Waals surface area contributed by atoms with Crippen molar-refractivity contribution in [3.8, 4) is 0 Å². The Bertz CT molecular complexity index is 89.3. The van der Waals surface area contributed by atoms with Crippen LogP contribution in [0.3, 0.4) is 0 Å². The summed E-state index contributed by atoms with van der Waals surface area (Å²) in [7, 11) is 0. The minimum atomic E-state index is 0.614. The highest BCUT2D eigenvalue weighted by molar-refractivity contribution is 4.71. The number of hydrogen-bond donors (Lipinski definition) is 1. The lowest BCUT2D eigenvalue weighted by atomic mass is 10.2. The van der Waals surface area contributed by atoms with E-state index < -0.39 is 0 Å². The molecule has 0 atom stereocenters. The molecule has 0 rings (SSSR count). The lowest BCUT2D eigenvalue weighted by Gasteiger charge is -2.05. The summed E-state index contributed by atoms with van der Waals surface area (Å²) >= 11 is 0. The topological polar surface area (TPSA) is 21.3 Å². The summed E-state index contributed by atoms with van der Waals surface area (Å²) in [4.78, 5) is 0. The van der Waals surface area contributed by atoms with Crippen LogP contribution in [0.4, 0.5) is 0 Å². The van der Waals surface area contributed by atoms with Crippen LogP contribution in [0.5, 0.6) is 0 Å². The van der Waals surface area contributed by atoms with Crippen molar-refractivity contribution in [1.82, 2.24) is 5.32 Å². The van der Waals surface area contributed by atoms with Crippen molar-refractivity contribution >= 4 is 0 Å². The van der Waals surface area contributed by atoms with E-state index in [1.807, 2.05) is 19.2 Å². The van der Waals surface area contributed by atoms with Crippen molar-refractivity contribution in [1.29, 1.82) is 0 Å². The van der Waals surface area contributed by atoms with Gasteiger partial charge in [-0.3, -0.25) is 0 Å². The van der Waals surface area contributed by atoms with E-state index >= 15 is 0 Å². The van der Waals surface area contributed by atoms with Crippen LogP contribution < -0.4 is 5.32 Å². The predicted octanol–water partition coefficient (Wildman–Crippen LogP) is 1.74. The van der Waals surface area contributed by atoms with Gasteiger partial charge in [0, 0.05) is 0 Å². The van der Waals surface area contributed by atoms with Crippen molar-refractivity contribution in [3.63, 3.8) is 0 Å². The Morgan fingerprint density at radius 1 is 1.50 bits per heavy atom. The van der Waals surface area contributed by atoms with Gasteiger partial charge in [-0.25, -0.2) is 0 Å². The molecule has 0 radical (unpaired) electrons. The molecule has 0 saturated heterocycles. The van der Waals surface area contributed by atoms with Crippen molar-refractivity contribution in [2.75, 3.05) is 13.3 Å². The smallest absolute Gasteiger partial charge is 0.116 e. The highest BCUT2D eigenvalue weighted by Gasteiger charge is 1.90. The molecule has 2 nitrogen and oxygen atoms in total. The Morgan fingerprint density at radius 3 is 2.70 bits per heavy atom. The summed E-state index contributed by atoms with van der Waals surface area (Å²) in [6.07, 6.45) is 3.82. The van der Waals surface area contributed by atoms with Crippen LogP contribution in [0.15, 0.2) is 12.3 Å². The first kappa shape index (κ1) is 9.50. The lowest BCUT2D eigenvalue weighted by molar-refractivity contribution is 0.102. The van der Waals surface area contributed by atoms with Gasteiger partial charge in [-0.1, -0.05) is 19.9 Å². The van der Waals surface area contributed by atoms with E-state index in [9.17, 15) is 0 Å². The van der Waals surface area contributed by atoms with E-state index in [4.69, 9.17) is 4.74 Å². The summed E-state index contributed by atoms with van der Waals surface area (Å²) in [5.74, 6) is 0.618. The number of allylic oxidation sites excluding steroid dienone is 1. The largest absolute Gasteiger partial charge is 0.369 e. The molecule has 0 bridgehead atoms. The Labute approximate surface area is 63.3 Å². The normalized spacial score (nSPS) is 11.2. The molecule has 0 fully saturated rings. The third-order valence-corrected chi connectivity index (χ3v) is 0.921. The first-order valence-corrected chi connectivity index (χ1v) is 3.69. The first-order valence-electron chi connectivity index (χ1n) is 3.69. The number of ether oxygens (including phenoxy) is 1. The molecule has 10 heavy (non-hydrogen) atoms. The first-order chi connectivity index (χ1) is 4.77. The third kappa shape index (κ3) is 7.50. The number of hydrogen-bond acceptors (Lipinski definition) is 2. The van der Waals surface area contributed by atoms with Crippen LogP contribution in [0, 0.1) is 5.92 Å². The predicted molar refractivity (Wildman–Crippen MR) is 43.6 cm³/mol. The monoisotopic (exact) mass is 143 g/mol. The third-order valence-electron chi connectivity index (χ3n) is 0.921. The SMILES string of the molecule is CC=CNCOCC(C)C. The molecule has 0 aliphatic carbocycles. The lowest BCUT2D eigenvalue weighted by Crippen LogP contribution is -2.13. The molecule has 0 aromatic rings. The van der Waals surface area contributed by atoms with E-state index in [-0.39, 0.29) is 0 Å². The maximum absolute atomic E-state index is 5.23. The zero-order valence-electron chi connectivity index (χ0n) is 7.05. The summed E-state index contributed by atoms with van der Waals surface area (Å²) in [5, 5.41) is 2.99. The van der Waals surface area contributed by atoms with Crippen LogP contribution in [0.25, 0.3) is 0 Å². The molecule has 1 N–H and O–H groups in total. The highest BCUT2D eigenvalue weighted by Crippen LogP contribution is 1.90. The van der Waals surface area contributed by atoms with Crippen LogP contribution in [-0.4, -0.2) is 13.3 Å². The molecule has 0 amide bonds. The van der Waals surface area contributed by atoms with E-state index in [1.54, 1.807) is 0 Å². The molecule has 0 aromatic carbocycles.